The van der Waals surface area contributed by atoms with E-state index in [9.17, 15) is 4.79 Å². The van der Waals surface area contributed by atoms with Crippen molar-refractivity contribution >= 4 is 11.6 Å². The molecule has 0 spiro atoms. The van der Waals surface area contributed by atoms with Crippen LogP contribution in [0.3, 0.4) is 0 Å². The number of nitrogens with one attached hydrogen (secondary N) is 1. The fraction of sp³-hybridized carbons (Fsp3) is 0. The molecule has 0 amide bonds. The molecular weight excluding hydrogens is 342 g/mol. The van der Waals surface area contributed by atoms with Crippen molar-refractivity contribution in [2.75, 3.05) is 0 Å². The molecule has 1 aromatic heterocycles. The van der Waals surface area contributed by atoms with Crippen LogP contribution in [0.15, 0.2) is 95.8 Å². The van der Waals surface area contributed by atoms with Crippen molar-refractivity contribution in [2.24, 2.45) is 0 Å². The Morgan fingerprint density at radius 3 is 1.92 bits per heavy atom. The minimum absolute atomic E-state index is 0.118. The molecule has 0 fully saturated rings. The predicted octanol–water partition coefficient (Wildman–Crippen LogP) is 6.03. The SMILES string of the molecule is O=c1[nH]c(-c2cccc(Cl)c2)cc(-c2ccccc2)c1-c1ccccc1. The molecule has 0 radical (unpaired) electrons. The Hall–Kier alpha value is -3.10. The van der Waals surface area contributed by atoms with Gasteiger partial charge >= 0.3 is 0 Å². The molecule has 0 unspecified atom stereocenters. The molecule has 0 atom stereocenters. The first kappa shape index (κ1) is 16.4. The maximum absolute atomic E-state index is 13.0. The van der Waals surface area contributed by atoms with Crippen molar-refractivity contribution in [3.63, 3.8) is 0 Å². The maximum atomic E-state index is 13.0. The summed E-state index contributed by atoms with van der Waals surface area (Å²) >= 11 is 6.13. The highest BCUT2D eigenvalue weighted by molar-refractivity contribution is 6.30. The van der Waals surface area contributed by atoms with Gasteiger partial charge in [-0.15, -0.1) is 0 Å². The van der Waals surface area contributed by atoms with Crippen LogP contribution in [0.2, 0.25) is 5.02 Å². The van der Waals surface area contributed by atoms with Gasteiger partial charge in [-0.2, -0.15) is 0 Å². The van der Waals surface area contributed by atoms with Gasteiger partial charge in [-0.25, -0.2) is 0 Å². The first-order valence-electron chi connectivity index (χ1n) is 8.36. The van der Waals surface area contributed by atoms with Crippen molar-refractivity contribution in [2.45, 2.75) is 0 Å². The number of hydrogen-bond acceptors (Lipinski definition) is 1. The van der Waals surface area contributed by atoms with Gasteiger partial charge in [0, 0.05) is 10.7 Å². The summed E-state index contributed by atoms with van der Waals surface area (Å²) in [5, 5.41) is 0.636. The second-order valence-electron chi connectivity index (χ2n) is 6.04. The normalized spacial score (nSPS) is 10.7. The highest BCUT2D eigenvalue weighted by Crippen LogP contribution is 2.32. The van der Waals surface area contributed by atoms with E-state index in [0.717, 1.165) is 27.9 Å². The summed E-state index contributed by atoms with van der Waals surface area (Å²) in [4.78, 5) is 16.0. The molecule has 0 bridgehead atoms. The topological polar surface area (TPSA) is 32.9 Å². The quantitative estimate of drug-likeness (QED) is 0.477. The molecule has 4 rings (SSSR count). The molecule has 0 aliphatic rings. The third-order valence-electron chi connectivity index (χ3n) is 4.32. The Kier molecular flexibility index (Phi) is 4.42. The zero-order chi connectivity index (χ0) is 17.9. The van der Waals surface area contributed by atoms with Gasteiger partial charge < -0.3 is 4.98 Å². The fourth-order valence-corrected chi connectivity index (χ4v) is 3.30. The molecule has 3 heteroatoms. The molecule has 1 heterocycles. The first-order valence-corrected chi connectivity index (χ1v) is 8.74. The Morgan fingerprint density at radius 1 is 0.654 bits per heavy atom. The van der Waals surface area contributed by atoms with Crippen LogP contribution >= 0.6 is 11.6 Å². The van der Waals surface area contributed by atoms with Crippen molar-refractivity contribution < 1.29 is 0 Å². The summed E-state index contributed by atoms with van der Waals surface area (Å²) < 4.78 is 0. The predicted molar refractivity (Wildman–Crippen MR) is 108 cm³/mol. The van der Waals surface area contributed by atoms with E-state index in [1.54, 1.807) is 0 Å². The standard InChI is InChI=1S/C23H16ClNO/c24-19-13-7-12-18(14-19)21-15-20(16-8-3-1-4-9-16)22(23(26)25-21)17-10-5-2-6-11-17/h1-15H,(H,25,26). The summed E-state index contributed by atoms with van der Waals surface area (Å²) in [6.07, 6.45) is 0. The lowest BCUT2D eigenvalue weighted by atomic mass is 9.94. The van der Waals surface area contributed by atoms with Crippen LogP contribution < -0.4 is 5.56 Å². The van der Waals surface area contributed by atoms with E-state index in [1.807, 2.05) is 91.0 Å². The second-order valence-corrected chi connectivity index (χ2v) is 6.48. The van der Waals surface area contributed by atoms with Crippen molar-refractivity contribution in [1.29, 1.82) is 0 Å². The summed E-state index contributed by atoms with van der Waals surface area (Å²) in [5.74, 6) is 0. The van der Waals surface area contributed by atoms with Gasteiger partial charge in [0.25, 0.3) is 5.56 Å². The highest BCUT2D eigenvalue weighted by Gasteiger charge is 2.14. The van der Waals surface area contributed by atoms with Crippen LogP contribution in [0, 0.1) is 0 Å². The Morgan fingerprint density at radius 2 is 1.27 bits per heavy atom. The summed E-state index contributed by atoms with van der Waals surface area (Å²) in [6.45, 7) is 0. The minimum Gasteiger partial charge on any atom is -0.321 e. The van der Waals surface area contributed by atoms with E-state index in [-0.39, 0.29) is 5.56 Å². The van der Waals surface area contributed by atoms with Crippen LogP contribution in [-0.4, -0.2) is 4.98 Å². The van der Waals surface area contributed by atoms with E-state index >= 15 is 0 Å². The third kappa shape index (κ3) is 3.19. The molecule has 26 heavy (non-hydrogen) atoms. The van der Waals surface area contributed by atoms with Gasteiger partial charge in [0.15, 0.2) is 0 Å². The number of aromatic nitrogens is 1. The van der Waals surface area contributed by atoms with Gasteiger partial charge in [0.1, 0.15) is 0 Å². The molecule has 2 nitrogen and oxygen atoms in total. The van der Waals surface area contributed by atoms with Crippen LogP contribution in [0.4, 0.5) is 0 Å². The van der Waals surface area contributed by atoms with Crippen LogP contribution in [0.1, 0.15) is 0 Å². The van der Waals surface area contributed by atoms with E-state index in [4.69, 9.17) is 11.6 Å². The smallest absolute Gasteiger partial charge is 0.256 e. The summed E-state index contributed by atoms with van der Waals surface area (Å²) in [5.41, 5.74) is 4.97. The molecule has 0 saturated carbocycles. The largest absolute Gasteiger partial charge is 0.321 e. The maximum Gasteiger partial charge on any atom is 0.256 e. The molecule has 0 aliphatic heterocycles. The number of halogens is 1. The zero-order valence-electron chi connectivity index (χ0n) is 13.9. The van der Waals surface area contributed by atoms with Gasteiger partial charge in [0.2, 0.25) is 0 Å². The number of pyridine rings is 1. The average molecular weight is 358 g/mol. The number of benzene rings is 3. The zero-order valence-corrected chi connectivity index (χ0v) is 14.7. The van der Waals surface area contributed by atoms with Crippen LogP contribution in [0.25, 0.3) is 33.5 Å². The molecule has 0 aliphatic carbocycles. The first-order chi connectivity index (χ1) is 12.7. The van der Waals surface area contributed by atoms with Crippen molar-refractivity contribution in [3.8, 4) is 33.5 Å². The molecule has 0 saturated heterocycles. The number of hydrogen-bond donors (Lipinski definition) is 1. The van der Waals surface area contributed by atoms with E-state index in [2.05, 4.69) is 4.98 Å². The van der Waals surface area contributed by atoms with E-state index in [0.29, 0.717) is 10.6 Å². The lowest BCUT2D eigenvalue weighted by molar-refractivity contribution is 1.24. The van der Waals surface area contributed by atoms with Gasteiger partial charge in [0.05, 0.1) is 5.56 Å². The Labute approximate surface area is 156 Å². The molecule has 4 aromatic rings. The van der Waals surface area contributed by atoms with E-state index in [1.165, 1.54) is 0 Å². The minimum atomic E-state index is -0.118. The second kappa shape index (κ2) is 7.03. The van der Waals surface area contributed by atoms with Crippen LogP contribution in [-0.2, 0) is 0 Å². The third-order valence-corrected chi connectivity index (χ3v) is 4.55. The Bertz CT molecular complexity index is 1100. The Balaban J connectivity index is 2.00. The summed E-state index contributed by atoms with van der Waals surface area (Å²) in [7, 11) is 0. The number of rotatable bonds is 3. The van der Waals surface area contributed by atoms with Crippen molar-refractivity contribution in [1.82, 2.24) is 4.98 Å². The van der Waals surface area contributed by atoms with Gasteiger partial charge in [-0.3, -0.25) is 4.79 Å². The summed E-state index contributed by atoms with van der Waals surface area (Å²) in [6, 6.07) is 29.2. The molecule has 3 aromatic carbocycles. The molecule has 126 valence electrons. The van der Waals surface area contributed by atoms with Gasteiger partial charge in [-0.1, -0.05) is 84.4 Å². The molecular formula is C23H16ClNO. The lowest BCUT2D eigenvalue weighted by Gasteiger charge is -2.12. The van der Waals surface area contributed by atoms with Crippen LogP contribution in [0.5, 0.6) is 0 Å². The number of H-pyrrole nitrogens is 1. The van der Waals surface area contributed by atoms with Gasteiger partial charge in [-0.05, 0) is 40.5 Å². The number of aromatic amines is 1. The fourth-order valence-electron chi connectivity index (χ4n) is 3.11. The van der Waals surface area contributed by atoms with Crippen molar-refractivity contribution in [3.05, 3.63) is 106 Å². The average Bonchev–Trinajstić information content (AvgIpc) is 2.69. The lowest BCUT2D eigenvalue weighted by Crippen LogP contribution is -2.11. The monoisotopic (exact) mass is 357 g/mol. The molecule has 1 N–H and O–H groups in total. The highest BCUT2D eigenvalue weighted by atomic mass is 35.5. The van der Waals surface area contributed by atoms with E-state index < -0.39 is 0 Å².